The number of fused-ring (bicyclic) bond motifs is 1. The number of H-pyrrole nitrogens is 1. The number of nitrogens with two attached hydrogens (primary N) is 1. The maximum absolute atomic E-state index is 5.59. The molecule has 2 rings (SSSR count). The van der Waals surface area contributed by atoms with Crippen LogP contribution in [0.1, 0.15) is 18.9 Å². The minimum Gasteiger partial charge on any atom is -0.345 e. The van der Waals surface area contributed by atoms with Gasteiger partial charge in [-0.15, -0.1) is 0 Å². The second-order valence-electron chi connectivity index (χ2n) is 4.91. The van der Waals surface area contributed by atoms with Crippen LogP contribution in [0.4, 0.5) is 0 Å². The molecule has 0 amide bonds. The molecule has 2 aromatic rings. The molecule has 1 aromatic carbocycles. The number of hydrogen-bond donors (Lipinski definition) is 2. The second kappa shape index (κ2) is 5.98. The van der Waals surface area contributed by atoms with Crippen molar-refractivity contribution in [2.75, 3.05) is 20.1 Å². The molecule has 0 aliphatic rings. The average Bonchev–Trinajstić information content (AvgIpc) is 2.83. The number of nitrogens with zero attached hydrogens (tertiary/aromatic N) is 2. The summed E-state index contributed by atoms with van der Waals surface area (Å²) in [7, 11) is 2.16. The molecule has 1 aromatic heterocycles. The molecule has 0 aliphatic carbocycles. The van der Waals surface area contributed by atoms with Gasteiger partial charge in [0.05, 0.1) is 17.4 Å². The molecule has 18 heavy (non-hydrogen) atoms. The van der Waals surface area contributed by atoms with Crippen molar-refractivity contribution in [2.24, 2.45) is 5.73 Å². The van der Waals surface area contributed by atoms with Gasteiger partial charge in [0.1, 0.15) is 0 Å². The van der Waals surface area contributed by atoms with E-state index in [2.05, 4.69) is 47.0 Å². The number of likely N-dealkylation sites (N-methyl/N-ethyl adjacent to an activating group) is 1. The lowest BCUT2D eigenvalue weighted by atomic mass is 10.1. The Morgan fingerprint density at radius 3 is 3.06 bits per heavy atom. The highest BCUT2D eigenvalue weighted by Gasteiger charge is 2.08. The second-order valence-corrected chi connectivity index (χ2v) is 4.91. The fourth-order valence-electron chi connectivity index (χ4n) is 2.13. The number of aromatic nitrogens is 2. The molecule has 1 heterocycles. The van der Waals surface area contributed by atoms with Crippen molar-refractivity contribution in [3.63, 3.8) is 0 Å². The van der Waals surface area contributed by atoms with Crippen LogP contribution in [0.3, 0.4) is 0 Å². The predicted octanol–water partition coefficient (Wildman–Crippen LogP) is 1.77. The molecule has 1 unspecified atom stereocenters. The minimum absolute atomic E-state index is 0.547. The van der Waals surface area contributed by atoms with Gasteiger partial charge in [-0.05, 0) is 51.1 Å². The van der Waals surface area contributed by atoms with Crippen molar-refractivity contribution in [3.8, 4) is 0 Å². The highest BCUT2D eigenvalue weighted by molar-refractivity contribution is 5.75. The van der Waals surface area contributed by atoms with Crippen molar-refractivity contribution in [1.29, 1.82) is 0 Å². The summed E-state index contributed by atoms with van der Waals surface area (Å²) in [6.07, 6.45) is 3.85. The van der Waals surface area contributed by atoms with Gasteiger partial charge in [-0.1, -0.05) is 6.07 Å². The standard InChI is InChI=1S/C14H22N4/c1-11(5-7-15)18(2)8-6-12-3-4-13-14(9-12)17-10-16-13/h3-4,9-11H,5-8,15H2,1-2H3,(H,16,17). The van der Waals surface area contributed by atoms with Gasteiger partial charge in [-0.25, -0.2) is 4.98 Å². The predicted molar refractivity (Wildman–Crippen MR) is 75.6 cm³/mol. The Hall–Kier alpha value is -1.39. The Morgan fingerprint density at radius 2 is 2.28 bits per heavy atom. The summed E-state index contributed by atoms with van der Waals surface area (Å²) in [5.74, 6) is 0. The Kier molecular flexibility index (Phi) is 4.33. The van der Waals surface area contributed by atoms with Crippen LogP contribution >= 0.6 is 0 Å². The zero-order valence-corrected chi connectivity index (χ0v) is 11.2. The lowest BCUT2D eigenvalue weighted by Crippen LogP contribution is -2.32. The average molecular weight is 246 g/mol. The molecule has 4 nitrogen and oxygen atoms in total. The van der Waals surface area contributed by atoms with Crippen LogP contribution in [0.25, 0.3) is 11.0 Å². The van der Waals surface area contributed by atoms with Gasteiger partial charge >= 0.3 is 0 Å². The zero-order chi connectivity index (χ0) is 13.0. The maximum Gasteiger partial charge on any atom is 0.0931 e. The van der Waals surface area contributed by atoms with E-state index in [9.17, 15) is 0 Å². The Morgan fingerprint density at radius 1 is 1.44 bits per heavy atom. The van der Waals surface area contributed by atoms with E-state index in [1.165, 1.54) is 5.56 Å². The first kappa shape index (κ1) is 13.1. The van der Waals surface area contributed by atoms with Gasteiger partial charge in [-0.3, -0.25) is 0 Å². The summed E-state index contributed by atoms with van der Waals surface area (Å²) < 4.78 is 0. The highest BCUT2D eigenvalue weighted by Crippen LogP contribution is 2.12. The zero-order valence-electron chi connectivity index (χ0n) is 11.2. The maximum atomic E-state index is 5.59. The summed E-state index contributed by atoms with van der Waals surface area (Å²) in [6.45, 7) is 4.04. The fourth-order valence-corrected chi connectivity index (χ4v) is 2.13. The van der Waals surface area contributed by atoms with Crippen LogP contribution in [-0.4, -0.2) is 41.0 Å². The molecular weight excluding hydrogens is 224 g/mol. The van der Waals surface area contributed by atoms with Crippen molar-refractivity contribution >= 4 is 11.0 Å². The third-order valence-electron chi connectivity index (χ3n) is 3.57. The molecule has 0 bridgehead atoms. The molecule has 3 N–H and O–H groups in total. The van der Waals surface area contributed by atoms with E-state index in [-0.39, 0.29) is 0 Å². The summed E-state index contributed by atoms with van der Waals surface area (Å²) in [6, 6.07) is 6.96. The number of hydrogen-bond acceptors (Lipinski definition) is 3. The van der Waals surface area contributed by atoms with Gasteiger partial charge in [-0.2, -0.15) is 0 Å². The van der Waals surface area contributed by atoms with Gasteiger partial charge < -0.3 is 15.6 Å². The lowest BCUT2D eigenvalue weighted by molar-refractivity contribution is 0.251. The van der Waals surface area contributed by atoms with E-state index in [1.54, 1.807) is 6.33 Å². The van der Waals surface area contributed by atoms with E-state index in [4.69, 9.17) is 5.73 Å². The van der Waals surface area contributed by atoms with Gasteiger partial charge in [0, 0.05) is 12.6 Å². The van der Waals surface area contributed by atoms with Crippen molar-refractivity contribution in [2.45, 2.75) is 25.8 Å². The monoisotopic (exact) mass is 246 g/mol. The summed E-state index contributed by atoms with van der Waals surface area (Å²) in [5.41, 5.74) is 9.08. The van der Waals surface area contributed by atoms with Crippen LogP contribution in [0.2, 0.25) is 0 Å². The van der Waals surface area contributed by atoms with Crippen LogP contribution in [0.15, 0.2) is 24.5 Å². The van der Waals surface area contributed by atoms with Crippen molar-refractivity contribution in [1.82, 2.24) is 14.9 Å². The van der Waals surface area contributed by atoms with E-state index in [1.807, 2.05) is 0 Å². The Balaban J connectivity index is 1.93. The number of benzene rings is 1. The third-order valence-corrected chi connectivity index (χ3v) is 3.57. The largest absolute Gasteiger partial charge is 0.345 e. The molecular formula is C14H22N4. The Labute approximate surface area is 108 Å². The van der Waals surface area contributed by atoms with Crippen LogP contribution < -0.4 is 5.73 Å². The van der Waals surface area contributed by atoms with E-state index in [0.717, 1.165) is 37.0 Å². The van der Waals surface area contributed by atoms with E-state index in [0.29, 0.717) is 6.04 Å². The molecule has 98 valence electrons. The van der Waals surface area contributed by atoms with Crippen molar-refractivity contribution in [3.05, 3.63) is 30.1 Å². The number of aromatic amines is 1. The van der Waals surface area contributed by atoms with E-state index < -0.39 is 0 Å². The van der Waals surface area contributed by atoms with Crippen molar-refractivity contribution < 1.29 is 0 Å². The smallest absolute Gasteiger partial charge is 0.0931 e. The molecule has 0 aliphatic heterocycles. The first-order valence-electron chi connectivity index (χ1n) is 6.53. The SMILES string of the molecule is CC(CCN)N(C)CCc1ccc2nc[nH]c2c1. The first-order chi connectivity index (χ1) is 8.70. The first-order valence-corrected chi connectivity index (χ1v) is 6.53. The number of imidazole rings is 1. The van der Waals surface area contributed by atoms with Gasteiger partial charge in [0.25, 0.3) is 0 Å². The number of rotatable bonds is 6. The summed E-state index contributed by atoms with van der Waals surface area (Å²) in [4.78, 5) is 9.74. The van der Waals surface area contributed by atoms with Crippen LogP contribution in [0.5, 0.6) is 0 Å². The van der Waals surface area contributed by atoms with E-state index >= 15 is 0 Å². The minimum atomic E-state index is 0.547. The topological polar surface area (TPSA) is 57.9 Å². The molecule has 0 saturated carbocycles. The van der Waals surface area contributed by atoms with Crippen LogP contribution in [-0.2, 0) is 6.42 Å². The molecule has 0 saturated heterocycles. The summed E-state index contributed by atoms with van der Waals surface area (Å²) >= 11 is 0. The Bertz CT molecular complexity index is 491. The number of nitrogens with one attached hydrogen (secondary N) is 1. The molecule has 4 heteroatoms. The summed E-state index contributed by atoms with van der Waals surface area (Å²) in [5, 5.41) is 0. The molecule has 1 atom stereocenters. The van der Waals surface area contributed by atoms with Gasteiger partial charge in [0.2, 0.25) is 0 Å². The molecule has 0 fully saturated rings. The molecule has 0 radical (unpaired) electrons. The fraction of sp³-hybridized carbons (Fsp3) is 0.500. The quantitative estimate of drug-likeness (QED) is 0.816. The van der Waals surface area contributed by atoms with Gasteiger partial charge in [0.15, 0.2) is 0 Å². The lowest BCUT2D eigenvalue weighted by Gasteiger charge is -2.24. The van der Waals surface area contributed by atoms with Crippen LogP contribution in [0, 0.1) is 0 Å². The third kappa shape index (κ3) is 3.09. The normalized spacial score (nSPS) is 13.3. The highest BCUT2D eigenvalue weighted by atomic mass is 15.1. The molecule has 0 spiro atoms.